The Morgan fingerprint density at radius 1 is 1.23 bits per heavy atom. The first kappa shape index (κ1) is 22.4. The van der Waals surface area contributed by atoms with E-state index >= 15 is 0 Å². The van der Waals surface area contributed by atoms with Crippen molar-refractivity contribution in [2.75, 3.05) is 26.2 Å². The Morgan fingerprint density at radius 2 is 1.93 bits per heavy atom. The molecule has 1 aliphatic heterocycles. The number of nitrogens with two attached hydrogens (primary N) is 1. The van der Waals surface area contributed by atoms with Crippen molar-refractivity contribution in [2.24, 2.45) is 5.73 Å². The Morgan fingerprint density at radius 3 is 2.57 bits per heavy atom. The highest BCUT2D eigenvalue weighted by atomic mass is 35.5. The molecule has 3 rings (SSSR count). The molecule has 30 heavy (non-hydrogen) atoms. The second kappa shape index (κ2) is 9.27. The highest BCUT2D eigenvalue weighted by Crippen LogP contribution is 2.39. The number of benzene rings is 1. The van der Waals surface area contributed by atoms with E-state index in [4.69, 9.17) is 22.1 Å². The minimum Gasteiger partial charge on any atom is -0.444 e. The number of nitrogens with zero attached hydrogens (tertiary/aromatic N) is 2. The molecule has 1 fully saturated rings. The topological polar surface area (TPSA) is 58.8 Å². The Kier molecular flexibility index (Phi) is 6.94. The second-order valence-corrected chi connectivity index (χ2v) is 9.35. The quantitative estimate of drug-likeness (QED) is 0.707. The Bertz CT molecular complexity index is 875. The number of piperazine rings is 1. The SMILES string of the molecule is CC1=C/C(=C/C=C\N)CC(N2CCN(C(=O)OC(C)(C)C)CC2)c2ccc(Cl)cc21. The van der Waals surface area contributed by atoms with Crippen molar-refractivity contribution < 1.29 is 9.53 Å². The number of ether oxygens (including phenoxy) is 1. The van der Waals surface area contributed by atoms with Gasteiger partial charge in [0.25, 0.3) is 0 Å². The fraction of sp³-hybridized carbons (Fsp3) is 0.458. The number of hydrogen-bond acceptors (Lipinski definition) is 4. The van der Waals surface area contributed by atoms with Gasteiger partial charge in [-0.05, 0) is 80.8 Å². The van der Waals surface area contributed by atoms with Crippen LogP contribution in [0.2, 0.25) is 5.02 Å². The van der Waals surface area contributed by atoms with E-state index in [9.17, 15) is 4.79 Å². The van der Waals surface area contributed by atoms with Gasteiger partial charge in [0.05, 0.1) is 0 Å². The molecule has 5 nitrogen and oxygen atoms in total. The van der Waals surface area contributed by atoms with Gasteiger partial charge in [0, 0.05) is 37.2 Å². The Labute approximate surface area is 184 Å². The first-order valence-electron chi connectivity index (χ1n) is 10.5. The van der Waals surface area contributed by atoms with E-state index in [1.807, 2.05) is 39.0 Å². The average Bonchev–Trinajstić information content (AvgIpc) is 2.82. The molecule has 0 bridgehead atoms. The maximum atomic E-state index is 12.4. The maximum absolute atomic E-state index is 12.4. The summed E-state index contributed by atoms with van der Waals surface area (Å²) in [5.41, 5.74) is 9.96. The molecule has 0 spiro atoms. The van der Waals surface area contributed by atoms with Crippen LogP contribution in [0.1, 0.15) is 51.3 Å². The molecule has 0 saturated carbocycles. The molecule has 1 heterocycles. The average molecular weight is 430 g/mol. The summed E-state index contributed by atoms with van der Waals surface area (Å²) >= 11 is 6.31. The van der Waals surface area contributed by atoms with Gasteiger partial charge in [0.1, 0.15) is 5.60 Å². The third-order valence-electron chi connectivity index (χ3n) is 5.46. The van der Waals surface area contributed by atoms with Crippen molar-refractivity contribution in [1.82, 2.24) is 9.80 Å². The molecular weight excluding hydrogens is 398 g/mol. The monoisotopic (exact) mass is 429 g/mol. The lowest BCUT2D eigenvalue weighted by Crippen LogP contribution is -2.50. The smallest absolute Gasteiger partial charge is 0.410 e. The summed E-state index contributed by atoms with van der Waals surface area (Å²) in [6.45, 7) is 10.7. The highest BCUT2D eigenvalue weighted by Gasteiger charge is 2.31. The van der Waals surface area contributed by atoms with Crippen molar-refractivity contribution in [3.63, 3.8) is 0 Å². The number of amides is 1. The van der Waals surface area contributed by atoms with Crippen LogP contribution in [0.5, 0.6) is 0 Å². The minimum atomic E-state index is -0.479. The van der Waals surface area contributed by atoms with Gasteiger partial charge in [-0.3, -0.25) is 4.90 Å². The summed E-state index contributed by atoms with van der Waals surface area (Å²) in [7, 11) is 0. The van der Waals surface area contributed by atoms with Crippen molar-refractivity contribution in [3.05, 3.63) is 64.3 Å². The maximum Gasteiger partial charge on any atom is 0.410 e. The van der Waals surface area contributed by atoms with E-state index in [1.165, 1.54) is 22.3 Å². The van der Waals surface area contributed by atoms with Crippen molar-refractivity contribution in [2.45, 2.75) is 45.8 Å². The molecule has 6 heteroatoms. The lowest BCUT2D eigenvalue weighted by molar-refractivity contribution is 0.0102. The molecule has 1 saturated heterocycles. The van der Waals surface area contributed by atoms with Crippen LogP contribution >= 0.6 is 11.6 Å². The predicted octanol–water partition coefficient (Wildman–Crippen LogP) is 5.14. The molecule has 1 amide bonds. The first-order valence-corrected chi connectivity index (χ1v) is 10.8. The summed E-state index contributed by atoms with van der Waals surface area (Å²) < 4.78 is 5.54. The second-order valence-electron chi connectivity index (χ2n) is 8.91. The Hall–Kier alpha value is -2.24. The van der Waals surface area contributed by atoms with Gasteiger partial charge in [-0.15, -0.1) is 0 Å². The zero-order valence-electron chi connectivity index (χ0n) is 18.3. The summed E-state index contributed by atoms with van der Waals surface area (Å²) in [5.74, 6) is 0. The molecule has 162 valence electrons. The van der Waals surface area contributed by atoms with Crippen LogP contribution in [-0.2, 0) is 4.74 Å². The number of fused-ring (bicyclic) bond motifs is 1. The van der Waals surface area contributed by atoms with Crippen LogP contribution in [0.4, 0.5) is 4.79 Å². The third kappa shape index (κ3) is 5.46. The van der Waals surface area contributed by atoms with Crippen LogP contribution in [0.3, 0.4) is 0 Å². The van der Waals surface area contributed by atoms with Crippen molar-refractivity contribution in [3.8, 4) is 0 Å². The number of carbonyl (C=O) groups is 1. The van der Waals surface area contributed by atoms with Crippen LogP contribution in [0.25, 0.3) is 5.57 Å². The van der Waals surface area contributed by atoms with Gasteiger partial charge in [0.2, 0.25) is 0 Å². The molecule has 1 aliphatic carbocycles. The van der Waals surface area contributed by atoms with Crippen molar-refractivity contribution >= 4 is 23.3 Å². The summed E-state index contributed by atoms with van der Waals surface area (Å²) in [6.07, 6.45) is 8.36. The highest BCUT2D eigenvalue weighted by molar-refractivity contribution is 6.30. The molecule has 0 aromatic heterocycles. The molecule has 0 radical (unpaired) electrons. The lowest BCUT2D eigenvalue weighted by atomic mass is 9.94. The lowest BCUT2D eigenvalue weighted by Gasteiger charge is -2.40. The van der Waals surface area contributed by atoms with Crippen LogP contribution in [0.15, 0.2) is 48.2 Å². The van der Waals surface area contributed by atoms with Gasteiger partial charge in [-0.25, -0.2) is 4.79 Å². The molecule has 2 aliphatic rings. The zero-order valence-corrected chi connectivity index (χ0v) is 19.1. The van der Waals surface area contributed by atoms with E-state index in [-0.39, 0.29) is 12.1 Å². The van der Waals surface area contributed by atoms with Crippen LogP contribution < -0.4 is 5.73 Å². The third-order valence-corrected chi connectivity index (χ3v) is 5.69. The molecule has 1 aromatic carbocycles. The van der Waals surface area contributed by atoms with Gasteiger partial charge in [0.15, 0.2) is 0 Å². The first-order chi connectivity index (χ1) is 14.2. The number of allylic oxidation sites excluding steroid dienone is 4. The molecule has 1 aromatic rings. The van der Waals surface area contributed by atoms with E-state index in [0.29, 0.717) is 13.1 Å². The van der Waals surface area contributed by atoms with Gasteiger partial charge >= 0.3 is 6.09 Å². The van der Waals surface area contributed by atoms with E-state index in [1.54, 1.807) is 11.1 Å². The molecular formula is C24H32ClN3O2. The fourth-order valence-electron chi connectivity index (χ4n) is 4.07. The zero-order chi connectivity index (χ0) is 21.9. The van der Waals surface area contributed by atoms with E-state index in [0.717, 1.165) is 24.5 Å². The molecule has 1 atom stereocenters. The predicted molar refractivity (Wildman–Crippen MR) is 123 cm³/mol. The van der Waals surface area contributed by atoms with Gasteiger partial charge in [-0.2, -0.15) is 0 Å². The summed E-state index contributed by atoms with van der Waals surface area (Å²) in [6, 6.07) is 6.37. The molecule has 1 unspecified atom stereocenters. The largest absolute Gasteiger partial charge is 0.444 e. The fourth-order valence-corrected chi connectivity index (χ4v) is 4.24. The normalized spacial score (nSPS) is 22.0. The number of rotatable bonds is 2. The number of hydrogen-bond donors (Lipinski definition) is 1. The summed E-state index contributed by atoms with van der Waals surface area (Å²) in [5, 5.41) is 0.740. The standard InChI is InChI=1S/C24H32ClN3O2/c1-17-14-18(6-5-9-26)15-22(20-8-7-19(25)16-21(17)20)27-10-12-28(13-11-27)23(29)30-24(2,3)4/h5-9,14,16,22H,10-13,15,26H2,1-4H3/b9-5-,18-6-. The van der Waals surface area contributed by atoms with Crippen molar-refractivity contribution in [1.29, 1.82) is 0 Å². The Balaban J connectivity index is 1.83. The van der Waals surface area contributed by atoms with Crippen LogP contribution in [0, 0.1) is 0 Å². The van der Waals surface area contributed by atoms with E-state index < -0.39 is 5.60 Å². The minimum absolute atomic E-state index is 0.212. The van der Waals surface area contributed by atoms with E-state index in [2.05, 4.69) is 30.0 Å². The van der Waals surface area contributed by atoms with Crippen LogP contribution in [-0.4, -0.2) is 47.7 Å². The molecule has 2 N–H and O–H groups in total. The number of carbonyl (C=O) groups excluding carboxylic acids is 1. The summed E-state index contributed by atoms with van der Waals surface area (Å²) in [4.78, 5) is 16.7. The van der Waals surface area contributed by atoms with Gasteiger partial charge in [-0.1, -0.05) is 29.8 Å². The number of halogens is 1. The van der Waals surface area contributed by atoms with Gasteiger partial charge < -0.3 is 15.4 Å².